The minimum Gasteiger partial charge on any atom is -0.493 e. The lowest BCUT2D eigenvalue weighted by atomic mass is 10.0. The molecule has 0 amide bonds. The summed E-state index contributed by atoms with van der Waals surface area (Å²) in [6.45, 7) is 3.15. The highest BCUT2D eigenvalue weighted by molar-refractivity contribution is 5.85. The van der Waals surface area contributed by atoms with Gasteiger partial charge in [0.25, 0.3) is 0 Å². The smallest absolute Gasteiger partial charge is 0.161 e. The van der Waals surface area contributed by atoms with E-state index < -0.39 is 6.67 Å². The maximum absolute atomic E-state index is 13.4. The second-order valence-electron chi connectivity index (χ2n) is 4.57. The Morgan fingerprint density at radius 1 is 1.20 bits per heavy atom. The van der Waals surface area contributed by atoms with Gasteiger partial charge in [0, 0.05) is 26.2 Å². The fourth-order valence-corrected chi connectivity index (χ4v) is 2.45. The van der Waals surface area contributed by atoms with Crippen molar-refractivity contribution in [2.45, 2.75) is 6.04 Å². The second-order valence-corrected chi connectivity index (χ2v) is 4.57. The first-order valence-electron chi connectivity index (χ1n) is 6.52. The molecular weight excluding hydrogens is 283 g/mol. The Morgan fingerprint density at radius 2 is 1.85 bits per heavy atom. The molecule has 1 aliphatic rings. The normalized spacial score (nSPS) is 17.1. The number of hydrogen-bond donors (Lipinski definition) is 1. The van der Waals surface area contributed by atoms with Crippen LogP contribution in [-0.4, -0.2) is 52.0 Å². The summed E-state index contributed by atoms with van der Waals surface area (Å²) in [5.41, 5.74) is 0.932. The summed E-state index contributed by atoms with van der Waals surface area (Å²) in [6.07, 6.45) is 0. The van der Waals surface area contributed by atoms with Crippen molar-refractivity contribution < 1.29 is 13.9 Å². The summed E-state index contributed by atoms with van der Waals surface area (Å²) in [5.74, 6) is 1.32. The average Bonchev–Trinajstić information content (AvgIpc) is 2.49. The summed E-state index contributed by atoms with van der Waals surface area (Å²) in [4.78, 5) is 2.16. The van der Waals surface area contributed by atoms with Gasteiger partial charge in [-0.1, -0.05) is 6.07 Å². The van der Waals surface area contributed by atoms with E-state index in [2.05, 4.69) is 10.2 Å². The monoisotopic (exact) mass is 304 g/mol. The van der Waals surface area contributed by atoms with E-state index in [1.807, 2.05) is 18.2 Å². The number of hydrogen-bond acceptors (Lipinski definition) is 4. The van der Waals surface area contributed by atoms with Crippen molar-refractivity contribution in [1.29, 1.82) is 0 Å². The number of nitrogens with one attached hydrogen (secondary N) is 1. The van der Waals surface area contributed by atoms with Gasteiger partial charge in [0.1, 0.15) is 6.67 Å². The van der Waals surface area contributed by atoms with Crippen LogP contribution in [-0.2, 0) is 0 Å². The van der Waals surface area contributed by atoms with Crippen LogP contribution < -0.4 is 14.8 Å². The van der Waals surface area contributed by atoms with Gasteiger partial charge in [-0.25, -0.2) is 4.39 Å². The van der Waals surface area contributed by atoms with Crippen LogP contribution in [0.15, 0.2) is 18.2 Å². The van der Waals surface area contributed by atoms with Gasteiger partial charge in [-0.2, -0.15) is 0 Å². The first-order chi connectivity index (χ1) is 9.30. The van der Waals surface area contributed by atoms with Crippen LogP contribution in [0.1, 0.15) is 11.6 Å². The first-order valence-corrected chi connectivity index (χ1v) is 6.52. The van der Waals surface area contributed by atoms with E-state index in [4.69, 9.17) is 9.47 Å². The molecule has 0 aliphatic carbocycles. The Labute approximate surface area is 125 Å². The standard InChI is InChI=1S/C14H21FN2O2.ClH/c1-18-13-4-3-11(9-14(13)19-2)12(10-15)17-7-5-16-6-8-17;/h3-4,9,12,16H,5-8,10H2,1-2H3;1H/t12-;/m1./s1. The predicted molar refractivity (Wildman–Crippen MR) is 80.0 cm³/mol. The van der Waals surface area contributed by atoms with Crippen molar-refractivity contribution in [2.75, 3.05) is 47.1 Å². The van der Waals surface area contributed by atoms with E-state index in [0.717, 1.165) is 31.7 Å². The maximum atomic E-state index is 13.4. The van der Waals surface area contributed by atoms with E-state index >= 15 is 0 Å². The summed E-state index contributed by atoms with van der Waals surface area (Å²) in [7, 11) is 3.19. The number of halogens is 2. The fourth-order valence-electron chi connectivity index (χ4n) is 2.45. The molecule has 1 heterocycles. The van der Waals surface area contributed by atoms with Crippen LogP contribution in [0.4, 0.5) is 4.39 Å². The molecule has 1 aromatic carbocycles. The number of piperazine rings is 1. The first kappa shape index (κ1) is 17.0. The lowest BCUT2D eigenvalue weighted by molar-refractivity contribution is 0.147. The summed E-state index contributed by atoms with van der Waals surface area (Å²) >= 11 is 0. The van der Waals surface area contributed by atoms with Crippen molar-refractivity contribution in [1.82, 2.24) is 10.2 Å². The number of methoxy groups -OCH3 is 2. The Kier molecular flexibility index (Phi) is 7.05. The van der Waals surface area contributed by atoms with Gasteiger partial charge in [-0.3, -0.25) is 4.90 Å². The van der Waals surface area contributed by atoms with Gasteiger partial charge in [0.2, 0.25) is 0 Å². The van der Waals surface area contributed by atoms with Crippen molar-refractivity contribution in [3.05, 3.63) is 23.8 Å². The van der Waals surface area contributed by atoms with Crippen LogP contribution in [0.25, 0.3) is 0 Å². The molecule has 0 aromatic heterocycles. The highest BCUT2D eigenvalue weighted by Crippen LogP contribution is 2.32. The minimum atomic E-state index is -0.393. The van der Waals surface area contributed by atoms with Crippen LogP contribution in [0.5, 0.6) is 11.5 Å². The summed E-state index contributed by atoms with van der Waals surface area (Å²) < 4.78 is 23.9. The molecular formula is C14H22ClFN2O2. The number of nitrogens with zero attached hydrogens (tertiary/aromatic N) is 1. The van der Waals surface area contributed by atoms with Crippen molar-refractivity contribution in [3.63, 3.8) is 0 Å². The molecule has 6 heteroatoms. The number of alkyl halides is 1. The molecule has 114 valence electrons. The lowest BCUT2D eigenvalue weighted by Gasteiger charge is -2.33. The fraction of sp³-hybridized carbons (Fsp3) is 0.571. The van der Waals surface area contributed by atoms with Gasteiger partial charge in [0.15, 0.2) is 11.5 Å². The molecule has 1 fully saturated rings. The molecule has 0 bridgehead atoms. The van der Waals surface area contributed by atoms with Gasteiger partial charge in [-0.15, -0.1) is 12.4 Å². The zero-order chi connectivity index (χ0) is 13.7. The quantitative estimate of drug-likeness (QED) is 0.903. The molecule has 4 nitrogen and oxygen atoms in total. The zero-order valence-corrected chi connectivity index (χ0v) is 12.7. The maximum Gasteiger partial charge on any atom is 0.161 e. The minimum absolute atomic E-state index is 0. The Morgan fingerprint density at radius 3 is 2.40 bits per heavy atom. The SMILES string of the molecule is COc1ccc([C@@H](CF)N2CCNCC2)cc1OC.Cl. The Hall–Kier alpha value is -1.04. The van der Waals surface area contributed by atoms with Gasteiger partial charge in [0.05, 0.1) is 20.3 Å². The molecule has 1 saturated heterocycles. The van der Waals surface area contributed by atoms with E-state index in [0.29, 0.717) is 11.5 Å². The third-order valence-corrected chi connectivity index (χ3v) is 3.53. The number of ether oxygens (including phenoxy) is 2. The summed E-state index contributed by atoms with van der Waals surface area (Å²) in [5, 5.41) is 3.28. The van der Waals surface area contributed by atoms with Gasteiger partial charge < -0.3 is 14.8 Å². The Balaban J connectivity index is 0.00000200. The second kappa shape index (κ2) is 8.29. The Bertz CT molecular complexity index is 414. The summed E-state index contributed by atoms with van der Waals surface area (Å²) in [6, 6.07) is 5.40. The van der Waals surface area contributed by atoms with Crippen LogP contribution >= 0.6 is 12.4 Å². The molecule has 0 saturated carbocycles. The molecule has 1 atom stereocenters. The van der Waals surface area contributed by atoms with Crippen molar-refractivity contribution >= 4 is 12.4 Å². The van der Waals surface area contributed by atoms with Crippen LogP contribution in [0, 0.1) is 0 Å². The van der Waals surface area contributed by atoms with E-state index in [1.54, 1.807) is 14.2 Å². The molecule has 0 spiro atoms. The van der Waals surface area contributed by atoms with E-state index in [-0.39, 0.29) is 18.4 Å². The number of benzene rings is 1. The van der Waals surface area contributed by atoms with Gasteiger partial charge >= 0.3 is 0 Å². The highest BCUT2D eigenvalue weighted by atomic mass is 35.5. The molecule has 1 aliphatic heterocycles. The zero-order valence-electron chi connectivity index (χ0n) is 11.9. The largest absolute Gasteiger partial charge is 0.493 e. The van der Waals surface area contributed by atoms with E-state index in [9.17, 15) is 4.39 Å². The van der Waals surface area contributed by atoms with E-state index in [1.165, 1.54) is 0 Å². The highest BCUT2D eigenvalue weighted by Gasteiger charge is 2.23. The molecule has 1 aromatic rings. The molecule has 1 N–H and O–H groups in total. The van der Waals surface area contributed by atoms with Crippen molar-refractivity contribution in [2.24, 2.45) is 0 Å². The molecule has 20 heavy (non-hydrogen) atoms. The molecule has 0 radical (unpaired) electrons. The molecule has 0 unspecified atom stereocenters. The van der Waals surface area contributed by atoms with Crippen molar-refractivity contribution in [3.8, 4) is 11.5 Å². The lowest BCUT2D eigenvalue weighted by Crippen LogP contribution is -2.45. The third kappa shape index (κ3) is 3.75. The average molecular weight is 305 g/mol. The third-order valence-electron chi connectivity index (χ3n) is 3.53. The predicted octanol–water partition coefficient (Wildman–Crippen LogP) is 2.04. The molecule has 2 rings (SSSR count). The number of rotatable bonds is 5. The van der Waals surface area contributed by atoms with Crippen LogP contribution in [0.3, 0.4) is 0 Å². The van der Waals surface area contributed by atoms with Crippen LogP contribution in [0.2, 0.25) is 0 Å². The topological polar surface area (TPSA) is 33.7 Å². The van der Waals surface area contributed by atoms with Gasteiger partial charge in [-0.05, 0) is 17.7 Å².